The van der Waals surface area contributed by atoms with E-state index in [2.05, 4.69) is 21.9 Å². The third-order valence-corrected chi connectivity index (χ3v) is 6.04. The van der Waals surface area contributed by atoms with Crippen molar-refractivity contribution >= 4 is 22.5 Å². The molecule has 168 valence electrons. The van der Waals surface area contributed by atoms with Gasteiger partial charge in [-0.15, -0.1) is 0 Å². The average molecular weight is 437 g/mol. The number of anilines is 2. The Morgan fingerprint density at radius 1 is 0.906 bits per heavy atom. The fraction of sp³-hybridized carbons (Fsp3) is 0.417. The van der Waals surface area contributed by atoms with Crippen LogP contribution < -0.4 is 14.5 Å². The number of ether oxygens (including phenoxy) is 3. The first-order valence-corrected chi connectivity index (χ1v) is 11.0. The standard InChI is InChI=1S/C24H28N4O4/c1-30-22-5-2-17(14-18(22)16-29)20-4-3-19-21(25-20)15-23(27-6-10-31-11-7-27)26-24(19)28-8-12-32-13-9-28/h2-5,14-15,29H,6-13,16H2,1H3. The Labute approximate surface area is 187 Å². The topological polar surface area (TPSA) is 80.2 Å². The highest BCUT2D eigenvalue weighted by molar-refractivity contribution is 5.93. The molecule has 0 bridgehead atoms. The molecule has 3 aromatic rings. The van der Waals surface area contributed by atoms with E-state index >= 15 is 0 Å². The van der Waals surface area contributed by atoms with Crippen molar-refractivity contribution in [2.75, 3.05) is 69.5 Å². The zero-order chi connectivity index (χ0) is 21.9. The highest BCUT2D eigenvalue weighted by Gasteiger charge is 2.21. The largest absolute Gasteiger partial charge is 0.496 e. The van der Waals surface area contributed by atoms with Crippen LogP contribution in [0.2, 0.25) is 0 Å². The lowest BCUT2D eigenvalue weighted by Gasteiger charge is -2.32. The van der Waals surface area contributed by atoms with E-state index in [-0.39, 0.29) is 6.61 Å². The molecular formula is C24H28N4O4. The van der Waals surface area contributed by atoms with E-state index in [0.29, 0.717) is 32.2 Å². The van der Waals surface area contributed by atoms with Crippen molar-refractivity contribution in [2.45, 2.75) is 6.61 Å². The minimum absolute atomic E-state index is 0.0864. The number of aromatic nitrogens is 2. The van der Waals surface area contributed by atoms with Gasteiger partial charge in [-0.2, -0.15) is 0 Å². The van der Waals surface area contributed by atoms with Crippen LogP contribution in [0.3, 0.4) is 0 Å². The molecule has 2 saturated heterocycles. The fourth-order valence-electron chi connectivity index (χ4n) is 4.29. The highest BCUT2D eigenvalue weighted by Crippen LogP contribution is 2.32. The molecule has 0 spiro atoms. The van der Waals surface area contributed by atoms with Crippen molar-refractivity contribution in [3.05, 3.63) is 42.0 Å². The normalized spacial score (nSPS) is 17.1. The summed E-state index contributed by atoms with van der Waals surface area (Å²) in [6.07, 6.45) is 0. The summed E-state index contributed by atoms with van der Waals surface area (Å²) in [5.74, 6) is 2.56. The zero-order valence-corrected chi connectivity index (χ0v) is 18.3. The molecule has 0 atom stereocenters. The fourth-order valence-corrected chi connectivity index (χ4v) is 4.29. The van der Waals surface area contributed by atoms with Gasteiger partial charge in [-0.3, -0.25) is 0 Å². The monoisotopic (exact) mass is 436 g/mol. The Bertz CT molecular complexity index is 1090. The maximum atomic E-state index is 9.71. The summed E-state index contributed by atoms with van der Waals surface area (Å²) in [6, 6.07) is 12.0. The van der Waals surface area contributed by atoms with Crippen LogP contribution in [0.15, 0.2) is 36.4 Å². The van der Waals surface area contributed by atoms with Crippen molar-refractivity contribution < 1.29 is 19.3 Å². The molecule has 1 N–H and O–H groups in total. The first kappa shape index (κ1) is 20.9. The molecule has 4 heterocycles. The van der Waals surface area contributed by atoms with Crippen LogP contribution in [0.5, 0.6) is 5.75 Å². The predicted molar refractivity (Wildman–Crippen MR) is 124 cm³/mol. The van der Waals surface area contributed by atoms with Gasteiger partial charge in [0.1, 0.15) is 17.4 Å². The molecule has 0 aliphatic carbocycles. The van der Waals surface area contributed by atoms with E-state index in [1.165, 1.54) is 0 Å². The lowest BCUT2D eigenvalue weighted by Crippen LogP contribution is -2.39. The summed E-state index contributed by atoms with van der Waals surface area (Å²) in [5, 5.41) is 10.7. The number of nitrogens with zero attached hydrogens (tertiary/aromatic N) is 4. The van der Waals surface area contributed by atoms with E-state index in [1.54, 1.807) is 7.11 Å². The number of hydrogen-bond donors (Lipinski definition) is 1. The first-order chi connectivity index (χ1) is 15.8. The van der Waals surface area contributed by atoms with E-state index < -0.39 is 0 Å². The zero-order valence-electron chi connectivity index (χ0n) is 18.3. The van der Waals surface area contributed by atoms with Gasteiger partial charge in [-0.05, 0) is 30.3 Å². The molecule has 2 aliphatic heterocycles. The summed E-state index contributed by atoms with van der Waals surface area (Å²) in [5.41, 5.74) is 3.43. The Balaban J connectivity index is 1.60. The van der Waals surface area contributed by atoms with Crippen LogP contribution in [0.25, 0.3) is 22.2 Å². The number of aliphatic hydroxyl groups is 1. The van der Waals surface area contributed by atoms with Crippen molar-refractivity contribution in [3.8, 4) is 17.0 Å². The summed E-state index contributed by atoms with van der Waals surface area (Å²) < 4.78 is 16.4. The summed E-state index contributed by atoms with van der Waals surface area (Å²) in [6.45, 7) is 5.99. The van der Waals surface area contributed by atoms with Crippen LogP contribution in [0.4, 0.5) is 11.6 Å². The van der Waals surface area contributed by atoms with Crippen molar-refractivity contribution in [1.82, 2.24) is 9.97 Å². The number of fused-ring (bicyclic) bond motifs is 1. The Hall–Kier alpha value is -2.94. The number of aliphatic hydroxyl groups excluding tert-OH is 1. The maximum absolute atomic E-state index is 9.71. The van der Waals surface area contributed by atoms with Gasteiger partial charge < -0.3 is 29.1 Å². The molecule has 8 nitrogen and oxygen atoms in total. The molecule has 2 fully saturated rings. The van der Waals surface area contributed by atoms with E-state index in [4.69, 9.17) is 24.2 Å². The predicted octanol–water partition coefficient (Wildman–Crippen LogP) is 2.47. The van der Waals surface area contributed by atoms with Crippen molar-refractivity contribution in [1.29, 1.82) is 0 Å². The molecule has 1 aromatic carbocycles. The molecule has 0 saturated carbocycles. The smallest absolute Gasteiger partial charge is 0.140 e. The van der Waals surface area contributed by atoms with Crippen LogP contribution >= 0.6 is 0 Å². The van der Waals surface area contributed by atoms with Crippen LogP contribution in [-0.2, 0) is 16.1 Å². The molecule has 8 heteroatoms. The van der Waals surface area contributed by atoms with Gasteiger partial charge in [0.15, 0.2) is 0 Å². The second-order valence-corrected chi connectivity index (χ2v) is 7.95. The minimum Gasteiger partial charge on any atom is -0.496 e. The molecular weight excluding hydrogens is 408 g/mol. The van der Waals surface area contributed by atoms with Gasteiger partial charge in [-0.1, -0.05) is 0 Å². The maximum Gasteiger partial charge on any atom is 0.140 e. The Morgan fingerprint density at radius 2 is 1.62 bits per heavy atom. The van der Waals surface area contributed by atoms with Crippen LogP contribution in [0.1, 0.15) is 5.56 Å². The average Bonchev–Trinajstić information content (AvgIpc) is 2.88. The van der Waals surface area contributed by atoms with Gasteiger partial charge in [-0.25, -0.2) is 9.97 Å². The van der Waals surface area contributed by atoms with Gasteiger partial charge in [0.2, 0.25) is 0 Å². The van der Waals surface area contributed by atoms with Gasteiger partial charge in [0.25, 0.3) is 0 Å². The summed E-state index contributed by atoms with van der Waals surface area (Å²) in [7, 11) is 1.61. The molecule has 0 unspecified atom stereocenters. The highest BCUT2D eigenvalue weighted by atomic mass is 16.5. The van der Waals surface area contributed by atoms with Gasteiger partial charge >= 0.3 is 0 Å². The third kappa shape index (κ3) is 4.09. The molecule has 32 heavy (non-hydrogen) atoms. The van der Waals surface area contributed by atoms with Crippen molar-refractivity contribution in [2.24, 2.45) is 0 Å². The number of hydrogen-bond acceptors (Lipinski definition) is 8. The lowest BCUT2D eigenvalue weighted by atomic mass is 10.1. The summed E-state index contributed by atoms with van der Waals surface area (Å²) in [4.78, 5) is 14.6. The quantitative estimate of drug-likeness (QED) is 0.654. The van der Waals surface area contributed by atoms with Gasteiger partial charge in [0.05, 0.1) is 51.4 Å². The number of benzene rings is 1. The minimum atomic E-state index is -0.0864. The number of pyridine rings is 2. The van der Waals surface area contributed by atoms with E-state index in [1.807, 2.05) is 24.3 Å². The Morgan fingerprint density at radius 3 is 2.31 bits per heavy atom. The molecule has 2 aromatic heterocycles. The molecule has 0 amide bonds. The van der Waals surface area contributed by atoms with E-state index in [9.17, 15) is 5.11 Å². The second kappa shape index (κ2) is 9.28. The van der Waals surface area contributed by atoms with E-state index in [0.717, 1.165) is 65.5 Å². The number of rotatable bonds is 5. The SMILES string of the molecule is COc1ccc(-c2ccc3c(N4CCOCC4)nc(N4CCOCC4)cc3n2)cc1CO. The third-order valence-electron chi connectivity index (χ3n) is 6.04. The van der Waals surface area contributed by atoms with Gasteiger partial charge in [0, 0.05) is 48.8 Å². The van der Waals surface area contributed by atoms with Crippen LogP contribution in [-0.4, -0.2) is 74.8 Å². The lowest BCUT2D eigenvalue weighted by molar-refractivity contribution is 0.121. The summed E-state index contributed by atoms with van der Waals surface area (Å²) >= 11 is 0. The number of morpholine rings is 2. The van der Waals surface area contributed by atoms with Crippen LogP contribution in [0, 0.1) is 0 Å². The van der Waals surface area contributed by atoms with Crippen molar-refractivity contribution in [3.63, 3.8) is 0 Å². The Kier molecular flexibility index (Phi) is 6.07. The number of methoxy groups -OCH3 is 1. The second-order valence-electron chi connectivity index (χ2n) is 7.95. The molecule has 5 rings (SSSR count). The molecule has 2 aliphatic rings. The molecule has 0 radical (unpaired) electrons. The first-order valence-electron chi connectivity index (χ1n) is 11.0.